The van der Waals surface area contributed by atoms with Crippen molar-refractivity contribution < 1.29 is 39.5 Å². The Bertz CT molecular complexity index is 1260. The molecule has 2 aromatic carbocycles. The van der Waals surface area contributed by atoms with E-state index in [1.54, 1.807) is 26.0 Å². The summed E-state index contributed by atoms with van der Waals surface area (Å²) in [5, 5.41) is 44.0. The summed E-state index contributed by atoms with van der Waals surface area (Å²) in [6.45, 7) is 3.36. The fourth-order valence-electron chi connectivity index (χ4n) is 6.22. The third kappa shape index (κ3) is 3.69. The summed E-state index contributed by atoms with van der Waals surface area (Å²) in [4.78, 5) is 27.1. The van der Waals surface area contributed by atoms with Crippen LogP contribution in [0.4, 0.5) is 0 Å². The molecule has 3 aliphatic rings. The van der Waals surface area contributed by atoms with Crippen molar-refractivity contribution in [3.05, 3.63) is 51.6 Å². The zero-order chi connectivity index (χ0) is 26.1. The molecule has 5 rings (SSSR count). The van der Waals surface area contributed by atoms with Gasteiger partial charge in [-0.05, 0) is 45.1 Å². The monoisotopic (exact) mass is 497 g/mol. The predicted molar refractivity (Wildman–Crippen MR) is 129 cm³/mol. The molecule has 1 fully saturated rings. The van der Waals surface area contributed by atoms with Crippen LogP contribution in [0.1, 0.15) is 82.0 Å². The Hall–Kier alpha value is -2.98. The van der Waals surface area contributed by atoms with E-state index in [9.17, 15) is 30.0 Å². The molecular weight excluding hydrogens is 466 g/mol. The number of phenols is 2. The molecule has 6 N–H and O–H groups in total. The van der Waals surface area contributed by atoms with Crippen molar-refractivity contribution in [2.45, 2.75) is 75.4 Å². The SMILES string of the molecule is COc1cccc2c1C(=O)c1c(O)c3c(c(O)c1C2=O)C[C@](C)(O)C[C@@H]3C[C@H]1C[C@H](N)[C@H](O)[C@H](C)O1. The van der Waals surface area contributed by atoms with E-state index in [2.05, 4.69) is 0 Å². The molecule has 0 unspecified atom stereocenters. The highest BCUT2D eigenvalue weighted by atomic mass is 16.5. The Kier molecular flexibility index (Phi) is 5.87. The molecular formula is C27H31NO8. The van der Waals surface area contributed by atoms with Crippen LogP contribution < -0.4 is 10.5 Å². The number of phenolic OH excluding ortho intramolecular Hbond substituents is 2. The Morgan fingerprint density at radius 3 is 2.50 bits per heavy atom. The van der Waals surface area contributed by atoms with Gasteiger partial charge >= 0.3 is 0 Å². The molecule has 1 heterocycles. The van der Waals surface area contributed by atoms with Crippen LogP contribution in [-0.4, -0.2) is 69.1 Å². The second-order valence-corrected chi connectivity index (χ2v) is 10.5. The lowest BCUT2D eigenvalue weighted by Gasteiger charge is -2.42. The van der Waals surface area contributed by atoms with Crippen molar-refractivity contribution in [2.75, 3.05) is 7.11 Å². The normalized spacial score (nSPS) is 31.4. The van der Waals surface area contributed by atoms with E-state index in [1.165, 1.54) is 13.2 Å². The van der Waals surface area contributed by atoms with E-state index < -0.39 is 47.1 Å². The van der Waals surface area contributed by atoms with Crippen molar-refractivity contribution >= 4 is 11.6 Å². The minimum absolute atomic E-state index is 0.00189. The topological polar surface area (TPSA) is 160 Å². The van der Waals surface area contributed by atoms with Crippen LogP contribution in [0, 0.1) is 0 Å². The molecule has 0 saturated carbocycles. The first-order valence-electron chi connectivity index (χ1n) is 12.1. The van der Waals surface area contributed by atoms with Crippen LogP contribution >= 0.6 is 0 Å². The largest absolute Gasteiger partial charge is 0.507 e. The summed E-state index contributed by atoms with van der Waals surface area (Å²) in [5.74, 6) is -2.29. The van der Waals surface area contributed by atoms with Crippen LogP contribution in [0.3, 0.4) is 0 Å². The van der Waals surface area contributed by atoms with Crippen molar-refractivity contribution in [1.82, 2.24) is 0 Å². The standard InChI is InChI=1S/C27H31NO8/c1-11-22(29)16(28)8-13(36-11)7-12-9-27(2,34)10-15-18(12)25(32)21-20(24(15)31)23(30)14-5-4-6-17(35-3)19(14)26(21)33/h4-6,11-13,16,22,29,31-32,34H,7-10,28H2,1-3H3/t11-,12-,13-,16-,22+,27+/m0/s1. The Balaban J connectivity index is 1.65. The average Bonchev–Trinajstić information content (AvgIpc) is 2.81. The lowest BCUT2D eigenvalue weighted by Crippen LogP contribution is -2.51. The molecule has 9 nitrogen and oxygen atoms in total. The second-order valence-electron chi connectivity index (χ2n) is 10.5. The highest BCUT2D eigenvalue weighted by molar-refractivity contribution is 6.31. The third-order valence-corrected chi connectivity index (χ3v) is 7.82. The van der Waals surface area contributed by atoms with Crippen molar-refractivity contribution in [2.24, 2.45) is 5.73 Å². The van der Waals surface area contributed by atoms with Gasteiger partial charge in [0, 0.05) is 29.2 Å². The Labute approximate surface area is 208 Å². The van der Waals surface area contributed by atoms with E-state index in [-0.39, 0.29) is 58.3 Å². The van der Waals surface area contributed by atoms with Crippen LogP contribution in [0.15, 0.2) is 18.2 Å². The van der Waals surface area contributed by atoms with Crippen LogP contribution in [0.5, 0.6) is 17.2 Å². The third-order valence-electron chi connectivity index (χ3n) is 7.82. The van der Waals surface area contributed by atoms with Gasteiger partial charge in [-0.1, -0.05) is 12.1 Å². The molecule has 0 radical (unpaired) electrons. The van der Waals surface area contributed by atoms with Gasteiger partial charge in [0.25, 0.3) is 0 Å². The molecule has 2 aliphatic carbocycles. The fraction of sp³-hybridized carbons (Fsp3) is 0.481. The number of ketones is 2. The Morgan fingerprint density at radius 2 is 1.83 bits per heavy atom. The van der Waals surface area contributed by atoms with E-state index >= 15 is 0 Å². The number of nitrogens with two attached hydrogens (primary N) is 1. The zero-order valence-corrected chi connectivity index (χ0v) is 20.4. The zero-order valence-electron chi connectivity index (χ0n) is 20.4. The molecule has 0 aromatic heterocycles. The molecule has 0 amide bonds. The van der Waals surface area contributed by atoms with Gasteiger partial charge < -0.3 is 35.6 Å². The second kappa shape index (κ2) is 8.55. The number of rotatable bonds is 3. The van der Waals surface area contributed by atoms with Gasteiger partial charge in [0.15, 0.2) is 5.78 Å². The van der Waals surface area contributed by atoms with E-state index in [0.717, 1.165) is 0 Å². The molecule has 0 spiro atoms. The van der Waals surface area contributed by atoms with Gasteiger partial charge in [-0.25, -0.2) is 0 Å². The number of aliphatic hydroxyl groups excluding tert-OH is 1. The minimum atomic E-state index is -1.24. The van der Waals surface area contributed by atoms with Gasteiger partial charge in [0.1, 0.15) is 17.2 Å². The quantitative estimate of drug-likeness (QED) is 0.341. The molecule has 6 atom stereocenters. The molecule has 36 heavy (non-hydrogen) atoms. The smallest absolute Gasteiger partial charge is 0.202 e. The fourth-order valence-corrected chi connectivity index (χ4v) is 6.22. The number of carbonyl (C=O) groups is 2. The number of methoxy groups -OCH3 is 1. The van der Waals surface area contributed by atoms with E-state index in [4.69, 9.17) is 15.2 Å². The number of hydrogen-bond acceptors (Lipinski definition) is 9. The predicted octanol–water partition coefficient (Wildman–Crippen LogP) is 1.92. The lowest BCUT2D eigenvalue weighted by molar-refractivity contribution is -0.122. The lowest BCUT2D eigenvalue weighted by atomic mass is 9.69. The number of ether oxygens (including phenoxy) is 2. The molecule has 1 aliphatic heterocycles. The highest BCUT2D eigenvalue weighted by Crippen LogP contribution is 2.52. The number of benzene rings is 2. The van der Waals surface area contributed by atoms with Crippen LogP contribution in [0.2, 0.25) is 0 Å². The van der Waals surface area contributed by atoms with Crippen molar-refractivity contribution in [3.63, 3.8) is 0 Å². The summed E-state index contributed by atoms with van der Waals surface area (Å²) in [6.07, 6.45) is -0.721. The molecule has 0 bridgehead atoms. The first kappa shape index (κ1) is 24.7. The van der Waals surface area contributed by atoms with Gasteiger partial charge in [-0.15, -0.1) is 0 Å². The summed E-state index contributed by atoms with van der Waals surface area (Å²) in [6, 6.07) is 4.13. The first-order chi connectivity index (χ1) is 16.9. The maximum absolute atomic E-state index is 13.6. The van der Waals surface area contributed by atoms with Crippen molar-refractivity contribution in [1.29, 1.82) is 0 Å². The first-order valence-corrected chi connectivity index (χ1v) is 12.1. The minimum Gasteiger partial charge on any atom is -0.507 e. The van der Waals surface area contributed by atoms with Crippen LogP contribution in [-0.2, 0) is 11.2 Å². The van der Waals surface area contributed by atoms with Gasteiger partial charge in [0.2, 0.25) is 5.78 Å². The van der Waals surface area contributed by atoms with E-state index in [1.807, 2.05) is 0 Å². The number of fused-ring (bicyclic) bond motifs is 3. The number of aromatic hydroxyl groups is 2. The van der Waals surface area contributed by atoms with Crippen molar-refractivity contribution in [3.8, 4) is 17.2 Å². The highest BCUT2D eigenvalue weighted by Gasteiger charge is 2.45. The summed E-state index contributed by atoms with van der Waals surface area (Å²) >= 11 is 0. The molecule has 192 valence electrons. The molecule has 2 aromatic rings. The molecule has 9 heteroatoms. The maximum atomic E-state index is 13.6. The van der Waals surface area contributed by atoms with E-state index in [0.29, 0.717) is 18.4 Å². The summed E-state index contributed by atoms with van der Waals surface area (Å²) in [5.41, 5.74) is 5.03. The van der Waals surface area contributed by atoms with Crippen LogP contribution in [0.25, 0.3) is 0 Å². The Morgan fingerprint density at radius 1 is 1.14 bits per heavy atom. The average molecular weight is 498 g/mol. The maximum Gasteiger partial charge on any atom is 0.202 e. The molecule has 1 saturated heterocycles. The number of carbonyl (C=O) groups excluding carboxylic acids is 2. The van der Waals surface area contributed by atoms with Gasteiger partial charge in [-0.3, -0.25) is 9.59 Å². The van der Waals surface area contributed by atoms with Gasteiger partial charge in [0.05, 0.1) is 47.7 Å². The summed E-state index contributed by atoms with van der Waals surface area (Å²) in [7, 11) is 1.39. The number of aliphatic hydroxyl groups is 2. The summed E-state index contributed by atoms with van der Waals surface area (Å²) < 4.78 is 11.3. The van der Waals surface area contributed by atoms with Gasteiger partial charge in [-0.2, -0.15) is 0 Å². The number of hydrogen-bond donors (Lipinski definition) is 5.